The van der Waals surface area contributed by atoms with Crippen LogP contribution in [-0.2, 0) is 0 Å². The first kappa shape index (κ1) is 8.05. The van der Waals surface area contributed by atoms with Crippen LogP contribution in [0.3, 0.4) is 0 Å². The van der Waals surface area contributed by atoms with Crippen LogP contribution < -0.4 is 0 Å². The van der Waals surface area contributed by atoms with Crippen LogP contribution in [0.1, 0.15) is 39.0 Å². The summed E-state index contributed by atoms with van der Waals surface area (Å²) in [5, 5.41) is 0. The lowest BCUT2D eigenvalue weighted by Gasteiger charge is -2.29. The summed E-state index contributed by atoms with van der Waals surface area (Å²) in [5.41, 5.74) is 1.21. The molecular formula is C10H19P. The van der Waals surface area contributed by atoms with Crippen molar-refractivity contribution in [3.63, 3.8) is 0 Å². The Hall–Kier alpha value is 0.430. The maximum absolute atomic E-state index is 2.35. The van der Waals surface area contributed by atoms with E-state index in [1.807, 2.05) is 0 Å². The molecule has 1 saturated heterocycles. The highest BCUT2D eigenvalue weighted by atomic mass is 31.1. The van der Waals surface area contributed by atoms with Gasteiger partial charge in [-0.1, -0.05) is 13.3 Å². The number of fused-ring (bicyclic) bond motifs is 2. The molecule has 64 valence electrons. The van der Waals surface area contributed by atoms with Crippen LogP contribution in [0.4, 0.5) is 0 Å². The standard InChI is InChI=1S/C10H19P/c1-2-6-11-7-5-9-3-4-10(11)8-9/h9-10H,2-8H2,1H3. The molecule has 0 aromatic carbocycles. The van der Waals surface area contributed by atoms with E-state index in [-0.39, 0.29) is 0 Å². The lowest BCUT2D eigenvalue weighted by Crippen LogP contribution is -2.12. The van der Waals surface area contributed by atoms with Crippen LogP contribution in [0.5, 0.6) is 0 Å². The average molecular weight is 170 g/mol. The van der Waals surface area contributed by atoms with Gasteiger partial charge in [0.15, 0.2) is 0 Å². The molecule has 1 heterocycles. The van der Waals surface area contributed by atoms with E-state index in [4.69, 9.17) is 0 Å². The molecule has 0 N–H and O–H groups in total. The Kier molecular flexibility index (Phi) is 2.51. The highest BCUT2D eigenvalue weighted by Crippen LogP contribution is 2.56. The molecule has 3 atom stereocenters. The third kappa shape index (κ3) is 1.61. The van der Waals surface area contributed by atoms with Crippen LogP contribution in [0.15, 0.2) is 0 Å². The molecule has 0 amide bonds. The Morgan fingerprint density at radius 3 is 3.00 bits per heavy atom. The van der Waals surface area contributed by atoms with Crippen molar-refractivity contribution in [2.24, 2.45) is 5.92 Å². The van der Waals surface area contributed by atoms with Crippen molar-refractivity contribution in [2.75, 3.05) is 12.3 Å². The van der Waals surface area contributed by atoms with E-state index < -0.39 is 0 Å². The van der Waals surface area contributed by atoms with Crippen LogP contribution in [0, 0.1) is 5.92 Å². The molecule has 2 aliphatic rings. The molecule has 0 aromatic heterocycles. The van der Waals surface area contributed by atoms with Gasteiger partial charge in [0.05, 0.1) is 0 Å². The normalized spacial score (nSPS) is 42.8. The molecule has 11 heavy (non-hydrogen) atoms. The molecule has 3 unspecified atom stereocenters. The first-order valence-corrected chi connectivity index (χ1v) is 6.92. The molecule has 1 aliphatic carbocycles. The largest absolute Gasteiger partial charge is 0.104 e. The summed E-state index contributed by atoms with van der Waals surface area (Å²) in [5.74, 6) is 1.16. The minimum absolute atomic E-state index is 0.506. The van der Waals surface area contributed by atoms with Crippen molar-refractivity contribution in [3.8, 4) is 0 Å². The summed E-state index contributed by atoms with van der Waals surface area (Å²) < 4.78 is 0. The topological polar surface area (TPSA) is 0 Å². The molecular weight excluding hydrogens is 151 g/mol. The quantitative estimate of drug-likeness (QED) is 0.557. The van der Waals surface area contributed by atoms with E-state index in [2.05, 4.69) is 6.92 Å². The molecule has 2 rings (SSSR count). The molecule has 2 fully saturated rings. The lowest BCUT2D eigenvalue weighted by molar-refractivity contribution is 0.524. The van der Waals surface area contributed by atoms with Crippen molar-refractivity contribution in [1.29, 1.82) is 0 Å². The zero-order chi connectivity index (χ0) is 7.68. The Labute approximate surface area is 71.5 Å². The summed E-state index contributed by atoms with van der Waals surface area (Å²) in [6, 6.07) is 0. The predicted molar refractivity (Wildman–Crippen MR) is 52.7 cm³/mol. The molecule has 1 saturated carbocycles. The third-order valence-corrected chi connectivity index (χ3v) is 6.72. The second kappa shape index (κ2) is 3.44. The molecule has 1 heteroatoms. The summed E-state index contributed by atoms with van der Waals surface area (Å²) in [4.78, 5) is 0. The van der Waals surface area contributed by atoms with Gasteiger partial charge in [0.25, 0.3) is 0 Å². The van der Waals surface area contributed by atoms with E-state index in [1.54, 1.807) is 38.0 Å². The smallest absolute Gasteiger partial charge is 0.0206 e. The Bertz CT molecular complexity index is 133. The van der Waals surface area contributed by atoms with Gasteiger partial charge in [-0.15, -0.1) is 7.92 Å². The zero-order valence-electron chi connectivity index (χ0n) is 7.55. The van der Waals surface area contributed by atoms with Gasteiger partial charge in [-0.25, -0.2) is 0 Å². The first-order valence-electron chi connectivity index (χ1n) is 5.14. The second-order valence-corrected chi connectivity index (χ2v) is 6.96. The highest BCUT2D eigenvalue weighted by molar-refractivity contribution is 7.58. The van der Waals surface area contributed by atoms with Crippen molar-refractivity contribution < 1.29 is 0 Å². The van der Waals surface area contributed by atoms with Gasteiger partial charge in [-0.2, -0.15) is 0 Å². The van der Waals surface area contributed by atoms with Crippen molar-refractivity contribution in [2.45, 2.75) is 44.7 Å². The van der Waals surface area contributed by atoms with Gasteiger partial charge in [0.2, 0.25) is 0 Å². The first-order chi connectivity index (χ1) is 5.40. The third-order valence-electron chi connectivity index (χ3n) is 3.37. The minimum atomic E-state index is 0.506. The molecule has 0 radical (unpaired) electrons. The predicted octanol–water partition coefficient (Wildman–Crippen LogP) is 3.45. The van der Waals surface area contributed by atoms with Crippen molar-refractivity contribution in [3.05, 3.63) is 0 Å². The Morgan fingerprint density at radius 1 is 1.27 bits per heavy atom. The maximum Gasteiger partial charge on any atom is -0.0206 e. The molecule has 1 aliphatic heterocycles. The monoisotopic (exact) mass is 170 g/mol. The van der Waals surface area contributed by atoms with E-state index in [1.165, 1.54) is 12.1 Å². The minimum Gasteiger partial charge on any atom is -0.104 e. The summed E-state index contributed by atoms with van der Waals surface area (Å²) >= 11 is 0. The van der Waals surface area contributed by atoms with Gasteiger partial charge < -0.3 is 0 Å². The average Bonchev–Trinajstić information content (AvgIpc) is 2.40. The van der Waals surface area contributed by atoms with Crippen LogP contribution >= 0.6 is 7.92 Å². The van der Waals surface area contributed by atoms with Gasteiger partial charge in [0.1, 0.15) is 0 Å². The van der Waals surface area contributed by atoms with Crippen molar-refractivity contribution in [1.82, 2.24) is 0 Å². The summed E-state index contributed by atoms with van der Waals surface area (Å²) in [6.45, 7) is 2.35. The Morgan fingerprint density at radius 2 is 2.18 bits per heavy atom. The maximum atomic E-state index is 2.35. The molecule has 0 aromatic rings. The van der Waals surface area contributed by atoms with E-state index in [9.17, 15) is 0 Å². The van der Waals surface area contributed by atoms with Crippen molar-refractivity contribution >= 4 is 7.92 Å². The molecule has 0 spiro atoms. The fourth-order valence-corrected chi connectivity index (χ4v) is 6.09. The number of hydrogen-bond acceptors (Lipinski definition) is 0. The fourth-order valence-electron chi connectivity index (χ4n) is 2.75. The van der Waals surface area contributed by atoms with Crippen LogP contribution in [0.2, 0.25) is 0 Å². The second-order valence-electron chi connectivity index (χ2n) is 4.16. The van der Waals surface area contributed by atoms with Gasteiger partial charge >= 0.3 is 0 Å². The zero-order valence-corrected chi connectivity index (χ0v) is 8.45. The van der Waals surface area contributed by atoms with Crippen LogP contribution in [-0.4, -0.2) is 18.0 Å². The van der Waals surface area contributed by atoms with Gasteiger partial charge in [-0.05, 0) is 49.6 Å². The number of hydrogen-bond donors (Lipinski definition) is 0. The van der Waals surface area contributed by atoms with E-state index in [0.717, 1.165) is 5.92 Å². The van der Waals surface area contributed by atoms with Gasteiger partial charge in [-0.3, -0.25) is 0 Å². The van der Waals surface area contributed by atoms with Crippen LogP contribution in [0.25, 0.3) is 0 Å². The molecule has 0 nitrogen and oxygen atoms in total. The fraction of sp³-hybridized carbons (Fsp3) is 1.00. The van der Waals surface area contributed by atoms with E-state index >= 15 is 0 Å². The lowest BCUT2D eigenvalue weighted by atomic mass is 10.1. The summed E-state index contributed by atoms with van der Waals surface area (Å²) in [6.07, 6.45) is 11.0. The Balaban J connectivity index is 1.91. The highest BCUT2D eigenvalue weighted by Gasteiger charge is 2.34. The molecule has 2 bridgehead atoms. The van der Waals surface area contributed by atoms with E-state index in [0.29, 0.717) is 7.92 Å². The number of rotatable bonds is 2. The SMILES string of the molecule is CCCP1CCC2CCC1C2. The van der Waals surface area contributed by atoms with Gasteiger partial charge in [0, 0.05) is 0 Å². The summed E-state index contributed by atoms with van der Waals surface area (Å²) in [7, 11) is 0.506.